The Hall–Kier alpha value is -2.45. The summed E-state index contributed by atoms with van der Waals surface area (Å²) in [6.45, 7) is 5.63. The van der Waals surface area contributed by atoms with Gasteiger partial charge < -0.3 is 0 Å². The number of nitrogens with zero attached hydrogens (tertiary/aromatic N) is 3. The molecule has 142 valence electrons. The lowest BCUT2D eigenvalue weighted by Crippen LogP contribution is -2.38. The van der Waals surface area contributed by atoms with E-state index >= 15 is 0 Å². The molecule has 0 amide bonds. The number of sulfonamides is 1. The highest BCUT2D eigenvalue weighted by molar-refractivity contribution is 9.10. The second-order valence-electron chi connectivity index (χ2n) is 6.81. The largest absolute Gasteiger partial charge is 0.244 e. The molecule has 2 atom stereocenters. The van der Waals surface area contributed by atoms with Gasteiger partial charge in [-0.15, -0.1) is 6.58 Å². The minimum Gasteiger partial charge on any atom is -0.207 e. The monoisotopic (exact) mass is 455 g/mol. The average Bonchev–Trinajstić information content (AvgIpc) is 3.04. The van der Waals surface area contributed by atoms with Crippen LogP contribution >= 0.6 is 15.9 Å². The van der Waals surface area contributed by atoms with Crippen LogP contribution in [0, 0.1) is 35.0 Å². The Labute approximate surface area is 173 Å². The molecule has 1 fully saturated rings. The van der Waals surface area contributed by atoms with E-state index in [1.165, 1.54) is 10.4 Å². The van der Waals surface area contributed by atoms with Crippen molar-refractivity contribution in [1.29, 1.82) is 10.5 Å². The number of halogens is 1. The normalized spacial score (nSPS) is 21.6. The van der Waals surface area contributed by atoms with E-state index < -0.39 is 27.5 Å². The van der Waals surface area contributed by atoms with Gasteiger partial charge in [0.05, 0.1) is 23.1 Å². The molecular weight excluding hydrogens is 438 g/mol. The summed E-state index contributed by atoms with van der Waals surface area (Å²) < 4.78 is 29.1. The molecule has 2 aromatic carbocycles. The summed E-state index contributed by atoms with van der Waals surface area (Å²) in [4.78, 5) is 0.122. The number of rotatable bonds is 4. The number of aryl methyl sites for hydroxylation is 1. The molecule has 1 saturated heterocycles. The molecule has 1 heterocycles. The zero-order valence-electron chi connectivity index (χ0n) is 15.2. The van der Waals surface area contributed by atoms with Crippen LogP contribution in [-0.2, 0) is 10.0 Å². The van der Waals surface area contributed by atoms with Crippen molar-refractivity contribution in [1.82, 2.24) is 4.31 Å². The fraction of sp³-hybridized carbons (Fsp3) is 0.238. The van der Waals surface area contributed by atoms with Crippen molar-refractivity contribution in [3.8, 4) is 12.1 Å². The summed E-state index contributed by atoms with van der Waals surface area (Å²) in [5.41, 5.74) is 0.00215. The van der Waals surface area contributed by atoms with E-state index in [1.54, 1.807) is 42.5 Å². The standard InChI is InChI=1S/C21H18BrN3O2S/c1-3-18-12-21(13-23,14-24)20(16-5-4-6-17(22)11-16)25(18)28(26,27)19-9-7-15(2)8-10-19/h3-11,18,20H,1,12H2,2H3. The fourth-order valence-corrected chi connectivity index (χ4v) is 5.86. The summed E-state index contributed by atoms with van der Waals surface area (Å²) in [6.07, 6.45) is 1.55. The highest BCUT2D eigenvalue weighted by atomic mass is 79.9. The topological polar surface area (TPSA) is 85.0 Å². The second-order valence-corrected chi connectivity index (χ2v) is 9.57. The van der Waals surface area contributed by atoms with Crippen LogP contribution in [0.1, 0.15) is 23.6 Å². The van der Waals surface area contributed by atoms with E-state index in [1.807, 2.05) is 13.0 Å². The first-order valence-electron chi connectivity index (χ1n) is 8.60. The van der Waals surface area contributed by atoms with Gasteiger partial charge in [-0.2, -0.15) is 14.8 Å². The van der Waals surface area contributed by atoms with Gasteiger partial charge in [-0.1, -0.05) is 51.8 Å². The maximum Gasteiger partial charge on any atom is 0.244 e. The molecular formula is C21H18BrN3O2S. The molecule has 5 nitrogen and oxygen atoms in total. The summed E-state index contributed by atoms with van der Waals surface area (Å²) >= 11 is 3.39. The Morgan fingerprint density at radius 1 is 1.21 bits per heavy atom. The highest BCUT2D eigenvalue weighted by Gasteiger charge is 2.57. The van der Waals surface area contributed by atoms with E-state index in [4.69, 9.17) is 0 Å². The van der Waals surface area contributed by atoms with Gasteiger partial charge in [-0.05, 0) is 36.8 Å². The van der Waals surface area contributed by atoms with Crippen LogP contribution in [0.4, 0.5) is 0 Å². The van der Waals surface area contributed by atoms with E-state index in [2.05, 4.69) is 34.6 Å². The number of hydrogen-bond donors (Lipinski definition) is 0. The first-order valence-corrected chi connectivity index (χ1v) is 10.8. The Bertz CT molecular complexity index is 1080. The van der Waals surface area contributed by atoms with Crippen LogP contribution in [0.5, 0.6) is 0 Å². The predicted molar refractivity (Wildman–Crippen MR) is 109 cm³/mol. The maximum atomic E-state index is 13.6. The third-order valence-electron chi connectivity index (χ3n) is 5.01. The first-order chi connectivity index (χ1) is 13.3. The van der Waals surface area contributed by atoms with Crippen molar-refractivity contribution in [3.63, 3.8) is 0 Å². The molecule has 28 heavy (non-hydrogen) atoms. The molecule has 0 bridgehead atoms. The molecule has 0 spiro atoms. The average molecular weight is 456 g/mol. The molecule has 3 rings (SSSR count). The van der Waals surface area contributed by atoms with Crippen molar-refractivity contribution in [2.75, 3.05) is 0 Å². The van der Waals surface area contributed by atoms with Gasteiger partial charge in [-0.3, -0.25) is 0 Å². The Morgan fingerprint density at radius 3 is 2.39 bits per heavy atom. The summed E-state index contributed by atoms with van der Waals surface area (Å²) in [5.74, 6) is 0. The Morgan fingerprint density at radius 2 is 1.86 bits per heavy atom. The smallest absolute Gasteiger partial charge is 0.207 e. The van der Waals surface area contributed by atoms with Crippen molar-refractivity contribution < 1.29 is 8.42 Å². The van der Waals surface area contributed by atoms with Crippen molar-refractivity contribution in [2.45, 2.75) is 30.3 Å². The van der Waals surface area contributed by atoms with Gasteiger partial charge in [0.1, 0.15) is 0 Å². The molecule has 7 heteroatoms. The van der Waals surface area contributed by atoms with E-state index in [0.717, 1.165) is 10.0 Å². The quantitative estimate of drug-likeness (QED) is 0.635. The highest BCUT2D eigenvalue weighted by Crippen LogP contribution is 2.52. The molecule has 1 aliphatic rings. The van der Waals surface area contributed by atoms with Crippen LogP contribution in [0.3, 0.4) is 0 Å². The van der Waals surface area contributed by atoms with Gasteiger partial charge in [0.2, 0.25) is 10.0 Å². The Kier molecular flexibility index (Phi) is 5.45. The summed E-state index contributed by atoms with van der Waals surface area (Å²) in [7, 11) is -3.97. The van der Waals surface area contributed by atoms with Crippen molar-refractivity contribution >= 4 is 26.0 Å². The van der Waals surface area contributed by atoms with Crippen LogP contribution in [0.15, 0.2) is 70.6 Å². The lowest BCUT2D eigenvalue weighted by atomic mass is 9.79. The van der Waals surface area contributed by atoms with Gasteiger partial charge in [0.15, 0.2) is 5.41 Å². The number of benzene rings is 2. The molecule has 0 aliphatic carbocycles. The molecule has 0 N–H and O–H groups in total. The van der Waals surface area contributed by atoms with E-state index in [-0.39, 0.29) is 11.3 Å². The minimum atomic E-state index is -3.97. The van der Waals surface area contributed by atoms with Crippen LogP contribution in [-0.4, -0.2) is 18.8 Å². The van der Waals surface area contributed by atoms with Gasteiger partial charge >= 0.3 is 0 Å². The lowest BCUT2D eigenvalue weighted by Gasteiger charge is -2.30. The second kappa shape index (κ2) is 7.52. The van der Waals surface area contributed by atoms with E-state index in [9.17, 15) is 18.9 Å². The maximum absolute atomic E-state index is 13.6. The SMILES string of the molecule is C=CC1CC(C#N)(C#N)C(c2cccc(Br)c2)N1S(=O)(=O)c1ccc(C)cc1. The fourth-order valence-electron chi connectivity index (χ4n) is 3.62. The van der Waals surface area contributed by atoms with Crippen LogP contribution in [0.25, 0.3) is 0 Å². The molecule has 2 aromatic rings. The summed E-state index contributed by atoms with van der Waals surface area (Å²) in [5, 5.41) is 19.8. The van der Waals surface area contributed by atoms with E-state index in [0.29, 0.717) is 5.56 Å². The zero-order chi connectivity index (χ0) is 20.5. The Balaban J connectivity index is 2.26. The molecule has 1 aliphatic heterocycles. The minimum absolute atomic E-state index is 0.0613. The van der Waals surface area contributed by atoms with Crippen LogP contribution in [0.2, 0.25) is 0 Å². The first kappa shape index (κ1) is 20.3. The van der Waals surface area contributed by atoms with Crippen molar-refractivity contribution in [2.24, 2.45) is 5.41 Å². The zero-order valence-corrected chi connectivity index (χ0v) is 17.6. The molecule has 2 unspecified atom stereocenters. The molecule has 0 aromatic heterocycles. The third-order valence-corrected chi connectivity index (χ3v) is 7.41. The lowest BCUT2D eigenvalue weighted by molar-refractivity contribution is 0.318. The summed E-state index contributed by atoms with van der Waals surface area (Å²) in [6, 6.07) is 16.2. The molecule has 0 radical (unpaired) electrons. The van der Waals surface area contributed by atoms with Crippen LogP contribution < -0.4 is 0 Å². The van der Waals surface area contributed by atoms with Gasteiger partial charge in [0, 0.05) is 16.9 Å². The van der Waals surface area contributed by atoms with Gasteiger partial charge in [0.25, 0.3) is 0 Å². The number of hydrogen-bond acceptors (Lipinski definition) is 4. The van der Waals surface area contributed by atoms with Crippen molar-refractivity contribution in [3.05, 3.63) is 76.8 Å². The molecule has 0 saturated carbocycles. The third kappa shape index (κ3) is 3.27. The number of nitriles is 2. The van der Waals surface area contributed by atoms with Gasteiger partial charge in [-0.25, -0.2) is 8.42 Å². The predicted octanol–water partition coefficient (Wildman–Crippen LogP) is 4.48.